The Balaban J connectivity index is 1.82. The number of aromatic nitrogens is 1. The Kier molecular flexibility index (Phi) is 4.28. The molecule has 1 amide bonds. The number of benzene rings is 1. The van der Waals surface area contributed by atoms with Crippen LogP contribution in [0.5, 0.6) is 0 Å². The highest BCUT2D eigenvalue weighted by atomic mass is 16.4. The van der Waals surface area contributed by atoms with Crippen molar-refractivity contribution in [3.8, 4) is 0 Å². The molecule has 2 aromatic rings. The molecule has 2 fully saturated rings. The number of hydrogen-bond donors (Lipinski definition) is 2. The number of nitrogens with two attached hydrogens (primary N) is 1. The van der Waals surface area contributed by atoms with Crippen LogP contribution in [0.4, 0.5) is 11.4 Å². The highest BCUT2D eigenvalue weighted by molar-refractivity contribution is 5.99. The number of hydrogen-bond acceptors (Lipinski definition) is 5. The number of fused-ring (bicyclic) bond motifs is 1. The summed E-state index contributed by atoms with van der Waals surface area (Å²) in [5, 5.41) is 9.67. The van der Waals surface area contributed by atoms with E-state index in [0.29, 0.717) is 25.2 Å². The van der Waals surface area contributed by atoms with Crippen LogP contribution in [0.25, 0.3) is 10.9 Å². The SMILES string of the molecule is CC(=O)N1CCN(c2cc(N)c3c(=O)c(C(=O)O)cn(C4CC4)c3c2)CC1C. The van der Waals surface area contributed by atoms with Gasteiger partial charge >= 0.3 is 5.97 Å². The number of carboxylic acid groups (broad SMARTS) is 1. The van der Waals surface area contributed by atoms with Crippen LogP contribution in [0.1, 0.15) is 43.1 Å². The number of carbonyl (C=O) groups is 2. The first-order valence-electron chi connectivity index (χ1n) is 9.51. The van der Waals surface area contributed by atoms with Gasteiger partial charge < -0.3 is 25.2 Å². The molecule has 1 aliphatic heterocycles. The smallest absolute Gasteiger partial charge is 0.341 e. The second-order valence-electron chi connectivity index (χ2n) is 7.75. The summed E-state index contributed by atoms with van der Waals surface area (Å²) in [6, 6.07) is 3.93. The topological polar surface area (TPSA) is 109 Å². The monoisotopic (exact) mass is 384 g/mol. The van der Waals surface area contributed by atoms with Crippen molar-refractivity contribution >= 4 is 34.2 Å². The first-order chi connectivity index (χ1) is 13.3. The molecule has 148 valence electrons. The summed E-state index contributed by atoms with van der Waals surface area (Å²) in [6.07, 6.45) is 3.36. The largest absolute Gasteiger partial charge is 0.477 e. The van der Waals surface area contributed by atoms with Crippen molar-refractivity contribution in [1.82, 2.24) is 9.47 Å². The molecule has 2 aliphatic rings. The van der Waals surface area contributed by atoms with Crippen molar-refractivity contribution in [2.24, 2.45) is 0 Å². The van der Waals surface area contributed by atoms with Gasteiger partial charge in [0.25, 0.3) is 0 Å². The Morgan fingerprint density at radius 3 is 2.50 bits per heavy atom. The van der Waals surface area contributed by atoms with Gasteiger partial charge in [-0.3, -0.25) is 9.59 Å². The maximum atomic E-state index is 12.7. The predicted molar refractivity (Wildman–Crippen MR) is 107 cm³/mol. The van der Waals surface area contributed by atoms with Gasteiger partial charge in [-0.1, -0.05) is 0 Å². The number of aromatic carboxylic acids is 1. The van der Waals surface area contributed by atoms with Crippen molar-refractivity contribution in [1.29, 1.82) is 0 Å². The fourth-order valence-corrected chi connectivity index (χ4v) is 4.14. The number of piperazine rings is 1. The molecule has 0 radical (unpaired) electrons. The summed E-state index contributed by atoms with van der Waals surface area (Å²) in [4.78, 5) is 40.0. The third-order valence-electron chi connectivity index (χ3n) is 5.72. The van der Waals surface area contributed by atoms with E-state index in [0.717, 1.165) is 18.5 Å². The van der Waals surface area contributed by atoms with Gasteiger partial charge in [-0.2, -0.15) is 0 Å². The lowest BCUT2D eigenvalue weighted by molar-refractivity contribution is -0.131. The van der Waals surface area contributed by atoms with E-state index >= 15 is 0 Å². The van der Waals surface area contributed by atoms with Crippen molar-refractivity contribution < 1.29 is 14.7 Å². The second kappa shape index (κ2) is 6.54. The summed E-state index contributed by atoms with van der Waals surface area (Å²) in [5.41, 5.74) is 7.29. The van der Waals surface area contributed by atoms with Crippen LogP contribution in [-0.2, 0) is 4.79 Å². The normalized spacial score (nSPS) is 19.9. The minimum Gasteiger partial charge on any atom is -0.477 e. The summed E-state index contributed by atoms with van der Waals surface area (Å²) >= 11 is 0. The molecular formula is C20H24N4O4. The zero-order chi connectivity index (χ0) is 20.2. The molecule has 0 bridgehead atoms. The van der Waals surface area contributed by atoms with Gasteiger partial charge in [0.1, 0.15) is 5.56 Å². The number of nitrogen functional groups attached to an aromatic ring is 1. The number of carboxylic acids is 1. The quantitative estimate of drug-likeness (QED) is 0.780. The van der Waals surface area contributed by atoms with Crippen LogP contribution >= 0.6 is 0 Å². The fraction of sp³-hybridized carbons (Fsp3) is 0.450. The molecule has 2 heterocycles. The van der Waals surface area contributed by atoms with Crippen LogP contribution in [-0.4, -0.2) is 52.1 Å². The molecule has 0 spiro atoms. The van der Waals surface area contributed by atoms with E-state index in [1.54, 1.807) is 13.0 Å². The third-order valence-corrected chi connectivity index (χ3v) is 5.72. The average molecular weight is 384 g/mol. The molecule has 8 heteroatoms. The van der Waals surface area contributed by atoms with E-state index in [1.807, 2.05) is 22.5 Å². The summed E-state index contributed by atoms with van der Waals surface area (Å²) in [6.45, 7) is 5.56. The fourth-order valence-electron chi connectivity index (χ4n) is 4.14. The lowest BCUT2D eigenvalue weighted by Crippen LogP contribution is -2.53. The van der Waals surface area contributed by atoms with Crippen LogP contribution in [0.2, 0.25) is 0 Å². The van der Waals surface area contributed by atoms with E-state index in [1.165, 1.54) is 6.20 Å². The van der Waals surface area contributed by atoms with Crippen LogP contribution in [0.3, 0.4) is 0 Å². The molecule has 3 N–H and O–H groups in total. The van der Waals surface area contributed by atoms with Crippen LogP contribution < -0.4 is 16.1 Å². The highest BCUT2D eigenvalue weighted by Gasteiger charge is 2.29. The van der Waals surface area contributed by atoms with Crippen molar-refractivity contribution in [2.45, 2.75) is 38.8 Å². The van der Waals surface area contributed by atoms with Gasteiger partial charge in [-0.05, 0) is 31.9 Å². The number of anilines is 2. The van der Waals surface area contributed by atoms with Crippen LogP contribution in [0.15, 0.2) is 23.1 Å². The molecule has 4 rings (SSSR count). The summed E-state index contributed by atoms with van der Waals surface area (Å²) in [7, 11) is 0. The Morgan fingerprint density at radius 2 is 1.93 bits per heavy atom. The zero-order valence-corrected chi connectivity index (χ0v) is 16.0. The first-order valence-corrected chi connectivity index (χ1v) is 9.51. The van der Waals surface area contributed by atoms with E-state index in [-0.39, 0.29) is 34.6 Å². The standard InChI is InChI=1S/C20H24N4O4/c1-11-9-22(5-6-23(11)12(2)25)14-7-16(21)18-17(8-14)24(13-3-4-13)10-15(19(18)26)20(27)28/h7-8,10-11,13H,3-6,9,21H2,1-2H3,(H,27,28). The average Bonchev–Trinajstić information content (AvgIpc) is 3.45. The number of nitrogens with zero attached hydrogens (tertiary/aromatic N) is 3. The van der Waals surface area contributed by atoms with Crippen molar-refractivity contribution in [3.05, 3.63) is 34.1 Å². The number of amides is 1. The van der Waals surface area contributed by atoms with Crippen LogP contribution in [0, 0.1) is 0 Å². The minimum absolute atomic E-state index is 0.0638. The molecular weight excluding hydrogens is 360 g/mol. The predicted octanol–water partition coefficient (Wildman–Crippen LogP) is 1.67. The first kappa shape index (κ1) is 18.3. The molecule has 1 saturated heterocycles. The molecule has 1 aromatic carbocycles. The maximum absolute atomic E-state index is 12.7. The number of carbonyl (C=O) groups excluding carboxylic acids is 1. The molecule has 1 atom stereocenters. The van der Waals surface area contributed by atoms with Crippen molar-refractivity contribution in [2.75, 3.05) is 30.3 Å². The van der Waals surface area contributed by atoms with Gasteiger partial charge in [0.05, 0.1) is 10.9 Å². The lowest BCUT2D eigenvalue weighted by atomic mass is 10.1. The van der Waals surface area contributed by atoms with E-state index < -0.39 is 11.4 Å². The van der Waals surface area contributed by atoms with Gasteiger partial charge in [0, 0.05) is 56.2 Å². The van der Waals surface area contributed by atoms with E-state index in [9.17, 15) is 19.5 Å². The summed E-state index contributed by atoms with van der Waals surface area (Å²) in [5.74, 6) is -1.17. The van der Waals surface area contributed by atoms with E-state index in [2.05, 4.69) is 4.90 Å². The number of rotatable bonds is 3. The Morgan fingerprint density at radius 1 is 1.21 bits per heavy atom. The van der Waals surface area contributed by atoms with Gasteiger partial charge in [-0.25, -0.2) is 4.79 Å². The Hall–Kier alpha value is -3.03. The molecule has 1 aliphatic carbocycles. The third kappa shape index (κ3) is 2.98. The molecule has 1 unspecified atom stereocenters. The van der Waals surface area contributed by atoms with Gasteiger partial charge in [0.2, 0.25) is 11.3 Å². The Bertz CT molecular complexity index is 1040. The van der Waals surface area contributed by atoms with E-state index in [4.69, 9.17) is 5.73 Å². The minimum atomic E-state index is -1.24. The molecule has 28 heavy (non-hydrogen) atoms. The molecule has 1 saturated carbocycles. The molecule has 8 nitrogen and oxygen atoms in total. The lowest BCUT2D eigenvalue weighted by Gasteiger charge is -2.40. The zero-order valence-electron chi connectivity index (χ0n) is 16.0. The Labute approximate surface area is 162 Å². The highest BCUT2D eigenvalue weighted by Crippen LogP contribution is 2.39. The van der Waals surface area contributed by atoms with Gasteiger partial charge in [0.15, 0.2) is 0 Å². The maximum Gasteiger partial charge on any atom is 0.341 e. The van der Waals surface area contributed by atoms with Crippen molar-refractivity contribution in [3.63, 3.8) is 0 Å². The number of pyridine rings is 1. The second-order valence-corrected chi connectivity index (χ2v) is 7.75. The molecule has 1 aromatic heterocycles. The summed E-state index contributed by atoms with van der Waals surface area (Å²) < 4.78 is 1.88. The van der Waals surface area contributed by atoms with Gasteiger partial charge in [-0.15, -0.1) is 0 Å².